The lowest BCUT2D eigenvalue weighted by molar-refractivity contribution is -0.126. The van der Waals surface area contributed by atoms with Gasteiger partial charge in [-0.05, 0) is 59.7 Å². The van der Waals surface area contributed by atoms with Gasteiger partial charge in [-0.1, -0.05) is 76.6 Å². The lowest BCUT2D eigenvalue weighted by Crippen LogP contribution is -2.37. The predicted octanol–water partition coefficient (Wildman–Crippen LogP) is 6.08. The molecule has 0 saturated carbocycles. The van der Waals surface area contributed by atoms with Crippen LogP contribution in [0.3, 0.4) is 0 Å². The van der Waals surface area contributed by atoms with Crippen LogP contribution in [-0.4, -0.2) is 17.9 Å². The van der Waals surface area contributed by atoms with Gasteiger partial charge >= 0.3 is 0 Å². The molecule has 0 aliphatic carbocycles. The highest BCUT2D eigenvalue weighted by atomic mass is 79.9. The molecule has 0 unspecified atom stereocenters. The van der Waals surface area contributed by atoms with Gasteiger partial charge in [0.25, 0.3) is 5.91 Å². The monoisotopic (exact) mass is 554 g/mol. The fourth-order valence-corrected chi connectivity index (χ4v) is 5.16. The van der Waals surface area contributed by atoms with Crippen molar-refractivity contribution in [2.75, 3.05) is 9.96 Å². The average molecular weight is 555 g/mol. The van der Waals surface area contributed by atoms with Crippen LogP contribution < -0.4 is 14.7 Å². The number of anilines is 2. The molecule has 4 aromatic rings. The van der Waals surface area contributed by atoms with Crippen LogP contribution in [-0.2, 0) is 21.0 Å². The van der Waals surface area contributed by atoms with Crippen LogP contribution >= 0.6 is 15.9 Å². The maximum absolute atomic E-state index is 13.7. The molecule has 7 heteroatoms. The molecule has 2 heterocycles. The Hall–Kier alpha value is -3.94. The molecule has 2 amide bonds. The summed E-state index contributed by atoms with van der Waals surface area (Å²) in [6.45, 7) is 0.461. The summed E-state index contributed by atoms with van der Waals surface area (Å²) in [6, 6.07) is 33.8. The highest BCUT2D eigenvalue weighted by molar-refractivity contribution is 9.10. The molecule has 6 nitrogen and oxygen atoms in total. The smallest absolute Gasteiger partial charge is 0.266 e. The zero-order valence-corrected chi connectivity index (χ0v) is 21.3. The van der Waals surface area contributed by atoms with Gasteiger partial charge in [0.05, 0.1) is 17.4 Å². The fraction of sp³-hybridized carbons (Fsp3) is 0.133. The molecule has 2 fully saturated rings. The second-order valence-electron chi connectivity index (χ2n) is 8.99. The van der Waals surface area contributed by atoms with Crippen LogP contribution in [0.2, 0.25) is 0 Å². The molecule has 37 heavy (non-hydrogen) atoms. The Morgan fingerprint density at radius 2 is 1.38 bits per heavy atom. The molecule has 0 bridgehead atoms. The Morgan fingerprint density at radius 3 is 2.05 bits per heavy atom. The molecule has 184 valence electrons. The number of rotatable bonds is 6. The first-order valence-electron chi connectivity index (χ1n) is 12.0. The number of ether oxygens (including phenoxy) is 1. The van der Waals surface area contributed by atoms with Crippen LogP contribution in [0.5, 0.6) is 5.75 Å². The highest BCUT2D eigenvalue weighted by Crippen LogP contribution is 2.47. The second-order valence-corrected chi connectivity index (χ2v) is 9.91. The lowest BCUT2D eigenvalue weighted by atomic mass is 9.90. The van der Waals surface area contributed by atoms with E-state index in [4.69, 9.17) is 9.57 Å². The third-order valence-electron chi connectivity index (χ3n) is 6.68. The summed E-state index contributed by atoms with van der Waals surface area (Å²) in [7, 11) is 0. The molecule has 0 aromatic heterocycles. The van der Waals surface area contributed by atoms with E-state index in [-0.39, 0.29) is 11.8 Å². The number of hydrogen-bond donors (Lipinski definition) is 0. The van der Waals surface area contributed by atoms with Crippen molar-refractivity contribution in [3.05, 3.63) is 125 Å². The largest absolute Gasteiger partial charge is 0.489 e. The standard InChI is InChI=1S/C30H23BrN2O4/c31-22-13-15-23(16-14-22)32-29(34)26-27(33(37-28(26)30(32)35)24-9-5-2-6-10-24)21-11-17-25(18-12-21)36-19-20-7-3-1-4-8-20/h1-18,26-28H,19H2/t26-,27-,28+/m0/s1. The number of fused-ring (bicyclic) bond motifs is 1. The summed E-state index contributed by atoms with van der Waals surface area (Å²) in [5.74, 6) is -0.596. The van der Waals surface area contributed by atoms with Crippen molar-refractivity contribution in [1.29, 1.82) is 0 Å². The Kier molecular flexibility index (Phi) is 6.24. The van der Waals surface area contributed by atoms with Crippen molar-refractivity contribution in [1.82, 2.24) is 0 Å². The van der Waals surface area contributed by atoms with Crippen molar-refractivity contribution in [3.8, 4) is 5.75 Å². The number of para-hydroxylation sites is 1. The molecule has 2 aliphatic rings. The molecule has 2 saturated heterocycles. The van der Waals surface area contributed by atoms with Crippen LogP contribution in [0.15, 0.2) is 114 Å². The highest BCUT2D eigenvalue weighted by Gasteiger charge is 2.60. The Bertz CT molecular complexity index is 1410. The van der Waals surface area contributed by atoms with E-state index in [1.807, 2.05) is 97.1 Å². The van der Waals surface area contributed by atoms with Crippen molar-refractivity contribution in [2.45, 2.75) is 18.8 Å². The minimum absolute atomic E-state index is 0.273. The summed E-state index contributed by atoms with van der Waals surface area (Å²) >= 11 is 3.41. The molecule has 6 rings (SSSR count). The number of amides is 2. The summed E-state index contributed by atoms with van der Waals surface area (Å²) in [5.41, 5.74) is 3.26. The van der Waals surface area contributed by atoms with E-state index >= 15 is 0 Å². The van der Waals surface area contributed by atoms with Gasteiger partial charge in [-0.2, -0.15) is 0 Å². The lowest BCUT2D eigenvalue weighted by Gasteiger charge is -2.28. The van der Waals surface area contributed by atoms with Crippen molar-refractivity contribution >= 4 is 39.1 Å². The average Bonchev–Trinajstić information content (AvgIpc) is 3.45. The number of hydrogen-bond acceptors (Lipinski definition) is 5. The third-order valence-corrected chi connectivity index (χ3v) is 7.21. The molecule has 0 N–H and O–H groups in total. The number of carbonyl (C=O) groups excluding carboxylic acids is 2. The van der Waals surface area contributed by atoms with E-state index in [0.717, 1.165) is 27.0 Å². The zero-order chi connectivity index (χ0) is 25.4. The quantitative estimate of drug-likeness (QED) is 0.270. The first-order valence-corrected chi connectivity index (χ1v) is 12.8. The Balaban J connectivity index is 1.31. The van der Waals surface area contributed by atoms with E-state index in [0.29, 0.717) is 12.3 Å². The molecular weight excluding hydrogens is 532 g/mol. The normalized spacial score (nSPS) is 20.8. The summed E-state index contributed by atoms with van der Waals surface area (Å²) in [5, 5.41) is 1.70. The van der Waals surface area contributed by atoms with E-state index < -0.39 is 18.1 Å². The first-order chi connectivity index (χ1) is 18.1. The second kappa shape index (κ2) is 9.84. The first kappa shape index (κ1) is 23.5. The van der Waals surface area contributed by atoms with Crippen LogP contribution in [0.1, 0.15) is 17.2 Å². The molecule has 3 atom stereocenters. The van der Waals surface area contributed by atoms with Gasteiger partial charge in [-0.25, -0.2) is 9.96 Å². The number of halogens is 1. The third kappa shape index (κ3) is 4.41. The van der Waals surface area contributed by atoms with Gasteiger partial charge in [-0.3, -0.25) is 14.4 Å². The number of imide groups is 1. The zero-order valence-electron chi connectivity index (χ0n) is 19.7. The molecular formula is C30H23BrN2O4. The fourth-order valence-electron chi connectivity index (χ4n) is 4.90. The van der Waals surface area contributed by atoms with Gasteiger partial charge < -0.3 is 4.74 Å². The molecule has 0 spiro atoms. The van der Waals surface area contributed by atoms with Crippen LogP contribution in [0.4, 0.5) is 11.4 Å². The van der Waals surface area contributed by atoms with E-state index in [2.05, 4.69) is 15.9 Å². The summed E-state index contributed by atoms with van der Waals surface area (Å²) in [6.07, 6.45) is -0.907. The van der Waals surface area contributed by atoms with Crippen LogP contribution in [0.25, 0.3) is 0 Å². The van der Waals surface area contributed by atoms with Gasteiger partial charge in [0.1, 0.15) is 18.3 Å². The number of carbonyl (C=O) groups is 2. The van der Waals surface area contributed by atoms with Gasteiger partial charge in [0.2, 0.25) is 5.91 Å². The van der Waals surface area contributed by atoms with E-state index in [1.165, 1.54) is 4.90 Å². The maximum atomic E-state index is 13.7. The summed E-state index contributed by atoms with van der Waals surface area (Å²) in [4.78, 5) is 34.6. The number of hydroxylamine groups is 1. The Morgan fingerprint density at radius 1 is 0.730 bits per heavy atom. The van der Waals surface area contributed by atoms with Crippen LogP contribution in [0, 0.1) is 5.92 Å². The SMILES string of the molecule is O=C1[C@@H]2[C@@H](ON(c3ccccc3)[C@H]2c2ccc(OCc3ccccc3)cc2)C(=O)N1c1ccc(Br)cc1. The van der Waals surface area contributed by atoms with E-state index in [9.17, 15) is 9.59 Å². The van der Waals surface area contributed by atoms with Crippen molar-refractivity contribution < 1.29 is 19.2 Å². The topological polar surface area (TPSA) is 59.1 Å². The minimum Gasteiger partial charge on any atom is -0.489 e. The predicted molar refractivity (Wildman–Crippen MR) is 144 cm³/mol. The molecule has 4 aromatic carbocycles. The number of nitrogens with zero attached hydrogens (tertiary/aromatic N) is 2. The van der Waals surface area contributed by atoms with Crippen molar-refractivity contribution in [2.24, 2.45) is 5.92 Å². The van der Waals surface area contributed by atoms with E-state index in [1.54, 1.807) is 17.2 Å². The van der Waals surface area contributed by atoms with Gasteiger partial charge in [0.15, 0.2) is 6.10 Å². The van der Waals surface area contributed by atoms with Gasteiger partial charge in [-0.15, -0.1) is 0 Å². The maximum Gasteiger partial charge on any atom is 0.266 e. The van der Waals surface area contributed by atoms with Gasteiger partial charge in [0, 0.05) is 4.47 Å². The minimum atomic E-state index is -0.907. The summed E-state index contributed by atoms with van der Waals surface area (Å²) < 4.78 is 6.82. The van der Waals surface area contributed by atoms with Crippen molar-refractivity contribution in [3.63, 3.8) is 0 Å². The number of benzene rings is 4. The Labute approximate surface area is 223 Å². The molecule has 2 aliphatic heterocycles. The molecule has 0 radical (unpaired) electrons.